The van der Waals surface area contributed by atoms with Gasteiger partial charge in [0.2, 0.25) is 0 Å². The highest BCUT2D eigenvalue weighted by atomic mass is 16.5. The highest BCUT2D eigenvalue weighted by Crippen LogP contribution is 2.34. The Kier molecular flexibility index (Phi) is 4.37. The van der Waals surface area contributed by atoms with Gasteiger partial charge in [-0.05, 0) is 30.7 Å². The summed E-state index contributed by atoms with van der Waals surface area (Å²) in [7, 11) is 0. The van der Waals surface area contributed by atoms with E-state index in [1.165, 1.54) is 0 Å². The molecule has 0 saturated heterocycles. The molecule has 0 fully saturated rings. The number of nitrogen functional groups attached to an aromatic ring is 1. The summed E-state index contributed by atoms with van der Waals surface area (Å²) >= 11 is 0. The smallest absolute Gasteiger partial charge is 0.338 e. The molecule has 1 aliphatic heterocycles. The molecule has 2 aromatic carbocycles. The van der Waals surface area contributed by atoms with Crippen LogP contribution in [0.15, 0.2) is 42.5 Å². The number of hydrogen-bond donors (Lipinski definition) is 1. The number of benzene rings is 2. The van der Waals surface area contributed by atoms with Crippen LogP contribution in [-0.4, -0.2) is 25.7 Å². The SMILES string of the molecule is CCOC(=O)c1ccccc1CN1CCOc2cc(N)ccc21. The van der Waals surface area contributed by atoms with Crippen LogP contribution in [0.5, 0.6) is 5.75 Å². The van der Waals surface area contributed by atoms with Gasteiger partial charge >= 0.3 is 5.97 Å². The van der Waals surface area contributed by atoms with E-state index in [4.69, 9.17) is 15.2 Å². The first-order valence-corrected chi connectivity index (χ1v) is 7.71. The maximum atomic E-state index is 12.1. The maximum Gasteiger partial charge on any atom is 0.338 e. The van der Waals surface area contributed by atoms with Crippen LogP contribution in [0.1, 0.15) is 22.8 Å². The van der Waals surface area contributed by atoms with Crippen LogP contribution in [0.3, 0.4) is 0 Å². The first kappa shape index (κ1) is 15.2. The van der Waals surface area contributed by atoms with Gasteiger partial charge in [0, 0.05) is 18.3 Å². The number of nitrogens with two attached hydrogens (primary N) is 1. The average Bonchev–Trinajstić information content (AvgIpc) is 2.55. The second-order valence-electron chi connectivity index (χ2n) is 5.37. The van der Waals surface area contributed by atoms with Gasteiger partial charge in [-0.1, -0.05) is 18.2 Å². The number of carbonyl (C=O) groups excluding carboxylic acids is 1. The van der Waals surface area contributed by atoms with Gasteiger partial charge in [0.15, 0.2) is 0 Å². The van der Waals surface area contributed by atoms with Crippen molar-refractivity contribution in [1.29, 1.82) is 0 Å². The van der Waals surface area contributed by atoms with Gasteiger partial charge in [0.05, 0.1) is 24.4 Å². The van der Waals surface area contributed by atoms with E-state index in [-0.39, 0.29) is 5.97 Å². The number of carbonyl (C=O) groups is 1. The Morgan fingerprint density at radius 1 is 1.30 bits per heavy atom. The molecule has 0 unspecified atom stereocenters. The summed E-state index contributed by atoms with van der Waals surface area (Å²) in [5.41, 5.74) is 9.04. The van der Waals surface area contributed by atoms with Gasteiger partial charge in [-0.2, -0.15) is 0 Å². The number of hydrogen-bond acceptors (Lipinski definition) is 5. The minimum Gasteiger partial charge on any atom is -0.489 e. The Labute approximate surface area is 135 Å². The standard InChI is InChI=1S/C18H20N2O3/c1-2-22-18(21)15-6-4-3-5-13(15)12-20-9-10-23-17-11-14(19)7-8-16(17)20/h3-8,11H,2,9-10,12,19H2,1H3. The Balaban J connectivity index is 1.88. The normalized spacial score (nSPS) is 13.2. The molecule has 0 saturated carbocycles. The fourth-order valence-electron chi connectivity index (χ4n) is 2.73. The van der Waals surface area contributed by atoms with Gasteiger partial charge in [0.1, 0.15) is 12.4 Å². The first-order chi connectivity index (χ1) is 11.2. The van der Waals surface area contributed by atoms with E-state index in [0.29, 0.717) is 31.0 Å². The molecule has 0 spiro atoms. The molecule has 0 radical (unpaired) electrons. The zero-order valence-electron chi connectivity index (χ0n) is 13.1. The lowest BCUT2D eigenvalue weighted by Gasteiger charge is -2.31. The van der Waals surface area contributed by atoms with Crippen molar-refractivity contribution in [2.75, 3.05) is 30.4 Å². The van der Waals surface area contributed by atoms with E-state index in [0.717, 1.165) is 23.5 Å². The molecule has 1 aliphatic rings. The predicted octanol–water partition coefficient (Wildman–Crippen LogP) is 2.84. The monoisotopic (exact) mass is 312 g/mol. The highest BCUT2D eigenvalue weighted by molar-refractivity contribution is 5.91. The molecule has 0 atom stereocenters. The largest absolute Gasteiger partial charge is 0.489 e. The fraction of sp³-hybridized carbons (Fsp3) is 0.278. The lowest BCUT2D eigenvalue weighted by molar-refractivity contribution is 0.0525. The van der Waals surface area contributed by atoms with Crippen molar-refractivity contribution in [2.45, 2.75) is 13.5 Å². The number of fused-ring (bicyclic) bond motifs is 1. The Hall–Kier alpha value is -2.69. The van der Waals surface area contributed by atoms with Gasteiger partial charge in [-0.15, -0.1) is 0 Å². The molecule has 0 aromatic heterocycles. The number of esters is 1. The molecule has 1 heterocycles. The molecule has 23 heavy (non-hydrogen) atoms. The Bertz CT molecular complexity index is 715. The molecule has 0 bridgehead atoms. The third-order valence-corrected chi connectivity index (χ3v) is 3.82. The molecular weight excluding hydrogens is 292 g/mol. The third kappa shape index (κ3) is 3.23. The van der Waals surface area contributed by atoms with Gasteiger partial charge in [-0.25, -0.2) is 4.79 Å². The molecule has 2 N–H and O–H groups in total. The highest BCUT2D eigenvalue weighted by Gasteiger charge is 2.20. The lowest BCUT2D eigenvalue weighted by Crippen LogP contribution is -2.32. The molecule has 5 nitrogen and oxygen atoms in total. The topological polar surface area (TPSA) is 64.8 Å². The maximum absolute atomic E-state index is 12.1. The second kappa shape index (κ2) is 6.60. The summed E-state index contributed by atoms with van der Waals surface area (Å²) in [4.78, 5) is 14.3. The van der Waals surface area contributed by atoms with Crippen molar-refractivity contribution in [3.63, 3.8) is 0 Å². The minimum atomic E-state index is -0.283. The Morgan fingerprint density at radius 2 is 2.13 bits per heavy atom. The summed E-state index contributed by atoms with van der Waals surface area (Å²) in [5.74, 6) is 0.499. The average molecular weight is 312 g/mol. The summed E-state index contributed by atoms with van der Waals surface area (Å²) < 4.78 is 10.8. The van der Waals surface area contributed by atoms with Crippen molar-refractivity contribution in [1.82, 2.24) is 0 Å². The quantitative estimate of drug-likeness (QED) is 0.694. The molecule has 3 rings (SSSR count). The molecule has 5 heteroatoms. The molecule has 2 aromatic rings. The fourth-order valence-corrected chi connectivity index (χ4v) is 2.73. The summed E-state index contributed by atoms with van der Waals surface area (Å²) in [6.07, 6.45) is 0. The van der Waals surface area contributed by atoms with Crippen LogP contribution in [0, 0.1) is 0 Å². The summed E-state index contributed by atoms with van der Waals surface area (Å²) in [6, 6.07) is 13.2. The van der Waals surface area contributed by atoms with Crippen LogP contribution in [0.4, 0.5) is 11.4 Å². The lowest BCUT2D eigenvalue weighted by atomic mass is 10.1. The van der Waals surface area contributed by atoms with E-state index in [1.807, 2.05) is 43.3 Å². The predicted molar refractivity (Wildman–Crippen MR) is 89.8 cm³/mol. The van der Waals surface area contributed by atoms with Gasteiger partial charge in [-0.3, -0.25) is 0 Å². The van der Waals surface area contributed by atoms with E-state index in [2.05, 4.69) is 4.90 Å². The summed E-state index contributed by atoms with van der Waals surface area (Å²) in [6.45, 7) is 4.15. The van der Waals surface area contributed by atoms with Gasteiger partial charge < -0.3 is 20.1 Å². The van der Waals surface area contributed by atoms with E-state index in [1.54, 1.807) is 6.07 Å². The summed E-state index contributed by atoms with van der Waals surface area (Å²) in [5, 5.41) is 0. The van der Waals surface area contributed by atoms with E-state index in [9.17, 15) is 4.79 Å². The second-order valence-corrected chi connectivity index (χ2v) is 5.37. The number of anilines is 2. The van der Waals surface area contributed by atoms with Crippen LogP contribution >= 0.6 is 0 Å². The van der Waals surface area contributed by atoms with Crippen LogP contribution < -0.4 is 15.4 Å². The van der Waals surface area contributed by atoms with Crippen molar-refractivity contribution in [2.24, 2.45) is 0 Å². The zero-order chi connectivity index (χ0) is 16.2. The minimum absolute atomic E-state index is 0.283. The molecule has 0 aliphatic carbocycles. The third-order valence-electron chi connectivity index (χ3n) is 3.82. The van der Waals surface area contributed by atoms with E-state index < -0.39 is 0 Å². The number of ether oxygens (including phenoxy) is 2. The molecular formula is C18H20N2O3. The van der Waals surface area contributed by atoms with Crippen LogP contribution in [-0.2, 0) is 11.3 Å². The van der Waals surface area contributed by atoms with Crippen molar-refractivity contribution in [3.8, 4) is 5.75 Å². The Morgan fingerprint density at radius 3 is 2.96 bits per heavy atom. The van der Waals surface area contributed by atoms with Crippen molar-refractivity contribution in [3.05, 3.63) is 53.6 Å². The molecule has 0 amide bonds. The number of rotatable bonds is 4. The zero-order valence-corrected chi connectivity index (χ0v) is 13.1. The van der Waals surface area contributed by atoms with Crippen LogP contribution in [0.25, 0.3) is 0 Å². The van der Waals surface area contributed by atoms with E-state index >= 15 is 0 Å². The van der Waals surface area contributed by atoms with Crippen molar-refractivity contribution < 1.29 is 14.3 Å². The molecule has 120 valence electrons. The van der Waals surface area contributed by atoms with Crippen molar-refractivity contribution >= 4 is 17.3 Å². The number of nitrogens with zero attached hydrogens (tertiary/aromatic N) is 1. The first-order valence-electron chi connectivity index (χ1n) is 7.71. The van der Waals surface area contributed by atoms with Gasteiger partial charge in [0.25, 0.3) is 0 Å². The van der Waals surface area contributed by atoms with Crippen LogP contribution in [0.2, 0.25) is 0 Å².